The summed E-state index contributed by atoms with van der Waals surface area (Å²) in [4.78, 5) is 8.45. The van der Waals surface area contributed by atoms with Crippen LogP contribution in [0.25, 0.3) is 0 Å². The van der Waals surface area contributed by atoms with Crippen molar-refractivity contribution >= 4 is 21.7 Å². The zero-order chi connectivity index (χ0) is 16.1. The number of pyridine rings is 2. The highest BCUT2D eigenvalue weighted by Crippen LogP contribution is 2.20. The van der Waals surface area contributed by atoms with Crippen molar-refractivity contribution in [1.82, 2.24) is 9.97 Å². The predicted molar refractivity (Wildman–Crippen MR) is 90.0 cm³/mol. The summed E-state index contributed by atoms with van der Waals surface area (Å²) in [7, 11) is 0. The zero-order valence-electron chi connectivity index (χ0n) is 12.0. The van der Waals surface area contributed by atoms with Gasteiger partial charge in [0.15, 0.2) is 0 Å². The summed E-state index contributed by atoms with van der Waals surface area (Å²) in [5.41, 5.74) is 0.987. The molecule has 0 saturated heterocycles. The van der Waals surface area contributed by atoms with Gasteiger partial charge in [-0.15, -0.1) is 0 Å². The average Bonchev–Trinajstić information content (AvgIpc) is 2.56. The third-order valence-electron chi connectivity index (χ3n) is 3.02. The van der Waals surface area contributed by atoms with Crippen LogP contribution in [-0.2, 0) is 6.54 Å². The number of rotatable bonds is 5. The number of hydrogen-bond donors (Lipinski definition) is 1. The molecule has 116 valence electrons. The SMILES string of the molecule is Fc1cccc(Oc2ccc(CNc3ccc(Br)cn3)cn2)c1. The standard InChI is InChI=1S/C17H13BrFN3O/c18-13-5-6-16(21-11-13)20-9-12-4-7-17(22-10-12)23-15-3-1-2-14(19)8-15/h1-8,10-11H,9H2,(H,20,21). The largest absolute Gasteiger partial charge is 0.439 e. The van der Waals surface area contributed by atoms with Gasteiger partial charge in [-0.25, -0.2) is 14.4 Å². The Bertz CT molecular complexity index is 779. The molecular formula is C17H13BrFN3O. The van der Waals surface area contributed by atoms with Gasteiger partial charge in [0.1, 0.15) is 17.4 Å². The third kappa shape index (κ3) is 4.50. The Kier molecular flexibility index (Phi) is 4.83. The van der Waals surface area contributed by atoms with Crippen LogP contribution in [0.5, 0.6) is 11.6 Å². The van der Waals surface area contributed by atoms with E-state index in [4.69, 9.17) is 4.74 Å². The highest BCUT2D eigenvalue weighted by molar-refractivity contribution is 9.10. The normalized spacial score (nSPS) is 10.3. The Balaban J connectivity index is 1.59. The van der Waals surface area contributed by atoms with Gasteiger partial charge in [0.05, 0.1) is 0 Å². The average molecular weight is 374 g/mol. The maximum absolute atomic E-state index is 13.1. The van der Waals surface area contributed by atoms with Crippen LogP contribution in [0.3, 0.4) is 0 Å². The summed E-state index contributed by atoms with van der Waals surface area (Å²) in [6.07, 6.45) is 3.44. The second-order valence-corrected chi connectivity index (χ2v) is 5.70. The minimum atomic E-state index is -0.342. The van der Waals surface area contributed by atoms with Gasteiger partial charge < -0.3 is 10.1 Å². The molecule has 0 radical (unpaired) electrons. The molecule has 0 bridgehead atoms. The van der Waals surface area contributed by atoms with Crippen molar-refractivity contribution in [2.24, 2.45) is 0 Å². The number of anilines is 1. The molecule has 0 aliphatic heterocycles. The minimum absolute atomic E-state index is 0.342. The minimum Gasteiger partial charge on any atom is -0.439 e. The van der Waals surface area contributed by atoms with Gasteiger partial charge >= 0.3 is 0 Å². The molecule has 0 aliphatic rings. The molecule has 2 heterocycles. The number of hydrogen-bond acceptors (Lipinski definition) is 4. The molecular weight excluding hydrogens is 361 g/mol. The lowest BCUT2D eigenvalue weighted by Gasteiger charge is -2.07. The van der Waals surface area contributed by atoms with Crippen LogP contribution in [-0.4, -0.2) is 9.97 Å². The maximum atomic E-state index is 13.1. The van der Waals surface area contributed by atoms with E-state index in [1.165, 1.54) is 12.1 Å². The molecule has 23 heavy (non-hydrogen) atoms. The van der Waals surface area contributed by atoms with Crippen molar-refractivity contribution in [2.45, 2.75) is 6.54 Å². The van der Waals surface area contributed by atoms with Gasteiger partial charge in [-0.1, -0.05) is 12.1 Å². The molecule has 0 aliphatic carbocycles. The first-order valence-electron chi connectivity index (χ1n) is 6.93. The highest BCUT2D eigenvalue weighted by atomic mass is 79.9. The van der Waals surface area contributed by atoms with E-state index >= 15 is 0 Å². The number of nitrogens with one attached hydrogen (secondary N) is 1. The quantitative estimate of drug-likeness (QED) is 0.698. The predicted octanol–water partition coefficient (Wildman–Crippen LogP) is 4.78. The van der Waals surface area contributed by atoms with Crippen molar-refractivity contribution in [3.8, 4) is 11.6 Å². The fourth-order valence-electron chi connectivity index (χ4n) is 1.90. The van der Waals surface area contributed by atoms with E-state index in [9.17, 15) is 4.39 Å². The van der Waals surface area contributed by atoms with E-state index in [-0.39, 0.29) is 5.82 Å². The molecule has 0 unspecified atom stereocenters. The fourth-order valence-corrected chi connectivity index (χ4v) is 2.13. The summed E-state index contributed by atoms with van der Waals surface area (Å²) in [5.74, 6) is 1.28. The number of nitrogens with zero attached hydrogens (tertiary/aromatic N) is 2. The summed E-state index contributed by atoms with van der Waals surface area (Å²) >= 11 is 3.34. The molecule has 3 rings (SSSR count). The Labute approximate surface area is 141 Å². The third-order valence-corrected chi connectivity index (χ3v) is 3.49. The molecule has 3 aromatic rings. The first-order chi connectivity index (χ1) is 11.2. The maximum Gasteiger partial charge on any atom is 0.219 e. The van der Waals surface area contributed by atoms with Crippen molar-refractivity contribution in [3.05, 3.63) is 76.8 Å². The van der Waals surface area contributed by atoms with Crippen molar-refractivity contribution < 1.29 is 9.13 Å². The molecule has 0 saturated carbocycles. The fraction of sp³-hybridized carbons (Fsp3) is 0.0588. The van der Waals surface area contributed by atoms with Gasteiger partial charge in [0, 0.05) is 35.5 Å². The lowest BCUT2D eigenvalue weighted by atomic mass is 10.3. The molecule has 1 aromatic carbocycles. The highest BCUT2D eigenvalue weighted by Gasteiger charge is 2.01. The Morgan fingerprint density at radius 3 is 2.65 bits per heavy atom. The van der Waals surface area contributed by atoms with Crippen molar-refractivity contribution in [2.75, 3.05) is 5.32 Å². The van der Waals surface area contributed by atoms with Crippen LogP contribution in [0.1, 0.15) is 5.56 Å². The lowest BCUT2D eigenvalue weighted by Crippen LogP contribution is -2.01. The van der Waals surface area contributed by atoms with Crippen LogP contribution >= 0.6 is 15.9 Å². The molecule has 0 atom stereocenters. The first-order valence-corrected chi connectivity index (χ1v) is 7.72. The van der Waals surface area contributed by atoms with E-state index in [2.05, 4.69) is 31.2 Å². The topological polar surface area (TPSA) is 47.0 Å². The first kappa shape index (κ1) is 15.4. The monoisotopic (exact) mass is 373 g/mol. The molecule has 1 N–H and O–H groups in total. The van der Waals surface area contributed by atoms with E-state index in [1.54, 1.807) is 30.6 Å². The van der Waals surface area contributed by atoms with E-state index in [0.717, 1.165) is 15.9 Å². The van der Waals surface area contributed by atoms with Gasteiger partial charge in [-0.3, -0.25) is 0 Å². The second kappa shape index (κ2) is 7.19. The van der Waals surface area contributed by atoms with E-state index in [1.807, 2.05) is 18.2 Å². The zero-order valence-corrected chi connectivity index (χ0v) is 13.6. The van der Waals surface area contributed by atoms with Crippen LogP contribution in [0.15, 0.2) is 65.4 Å². The Morgan fingerprint density at radius 2 is 1.96 bits per heavy atom. The van der Waals surface area contributed by atoms with Crippen LogP contribution in [0.2, 0.25) is 0 Å². The van der Waals surface area contributed by atoms with Crippen molar-refractivity contribution in [3.63, 3.8) is 0 Å². The van der Waals surface area contributed by atoms with Gasteiger partial charge in [-0.2, -0.15) is 0 Å². The Hall–Kier alpha value is -2.47. The van der Waals surface area contributed by atoms with Crippen LogP contribution in [0, 0.1) is 5.82 Å². The lowest BCUT2D eigenvalue weighted by molar-refractivity contribution is 0.458. The molecule has 6 heteroatoms. The smallest absolute Gasteiger partial charge is 0.219 e. The molecule has 0 spiro atoms. The number of aromatic nitrogens is 2. The summed E-state index contributed by atoms with van der Waals surface area (Å²) in [6, 6.07) is 13.4. The van der Waals surface area contributed by atoms with Gasteiger partial charge in [-0.05, 0) is 45.8 Å². The number of halogens is 2. The Morgan fingerprint density at radius 1 is 1.04 bits per heavy atom. The number of benzene rings is 1. The van der Waals surface area contributed by atoms with Gasteiger partial charge in [0.25, 0.3) is 0 Å². The van der Waals surface area contributed by atoms with E-state index in [0.29, 0.717) is 18.2 Å². The summed E-state index contributed by atoms with van der Waals surface area (Å²) in [5, 5.41) is 3.20. The molecule has 0 fully saturated rings. The van der Waals surface area contributed by atoms with Crippen LogP contribution in [0.4, 0.5) is 10.2 Å². The van der Waals surface area contributed by atoms with E-state index < -0.39 is 0 Å². The number of ether oxygens (including phenoxy) is 1. The van der Waals surface area contributed by atoms with Crippen LogP contribution < -0.4 is 10.1 Å². The molecule has 2 aromatic heterocycles. The molecule has 0 amide bonds. The van der Waals surface area contributed by atoms with Gasteiger partial charge in [0.2, 0.25) is 5.88 Å². The van der Waals surface area contributed by atoms with Crippen molar-refractivity contribution in [1.29, 1.82) is 0 Å². The summed E-state index contributed by atoms with van der Waals surface area (Å²) in [6.45, 7) is 0.599. The summed E-state index contributed by atoms with van der Waals surface area (Å²) < 4.78 is 19.5. The molecule has 4 nitrogen and oxygen atoms in total. The second-order valence-electron chi connectivity index (χ2n) is 4.78.